The highest BCUT2D eigenvalue weighted by molar-refractivity contribution is 5.82. The van der Waals surface area contributed by atoms with Crippen molar-refractivity contribution in [2.45, 2.75) is 32.4 Å². The Morgan fingerprint density at radius 2 is 2.06 bits per heavy atom. The summed E-state index contributed by atoms with van der Waals surface area (Å²) in [6, 6.07) is -1.59. The molecular weight excluding hydrogens is 224 g/mol. The van der Waals surface area contributed by atoms with Gasteiger partial charge in [0.25, 0.3) is 0 Å². The Bertz CT molecular complexity index is 279. The van der Waals surface area contributed by atoms with E-state index in [0.717, 1.165) is 0 Å². The van der Waals surface area contributed by atoms with Crippen molar-refractivity contribution >= 4 is 12.0 Å². The summed E-state index contributed by atoms with van der Waals surface area (Å²) >= 11 is 0. The van der Waals surface area contributed by atoms with E-state index in [1.54, 1.807) is 13.8 Å². The maximum atomic E-state index is 11.8. The fraction of sp³-hybridized carbons (Fsp3) is 0.636. The second-order valence-corrected chi connectivity index (χ2v) is 3.88. The van der Waals surface area contributed by atoms with Gasteiger partial charge >= 0.3 is 12.0 Å². The van der Waals surface area contributed by atoms with E-state index in [2.05, 4.69) is 11.9 Å². The number of rotatable bonds is 7. The fourth-order valence-corrected chi connectivity index (χ4v) is 1.32. The number of hydrogen-bond acceptors (Lipinski definition) is 3. The molecule has 6 heteroatoms. The number of carboxylic acid groups (broad SMARTS) is 1. The van der Waals surface area contributed by atoms with E-state index in [9.17, 15) is 9.59 Å². The van der Waals surface area contributed by atoms with Gasteiger partial charge in [0.15, 0.2) is 0 Å². The highest BCUT2D eigenvalue weighted by Gasteiger charge is 2.23. The Labute approximate surface area is 101 Å². The molecule has 0 saturated carbocycles. The SMILES string of the molecule is C=CCC(NC(=O)N(CCO)C(C)C)C(=O)O. The molecule has 0 saturated heterocycles. The number of carbonyl (C=O) groups is 2. The Balaban J connectivity index is 4.55. The molecule has 0 radical (unpaired) electrons. The zero-order chi connectivity index (χ0) is 13.4. The van der Waals surface area contributed by atoms with Crippen LogP contribution in [0.5, 0.6) is 0 Å². The number of carboxylic acids is 1. The second kappa shape index (κ2) is 7.67. The molecule has 98 valence electrons. The summed E-state index contributed by atoms with van der Waals surface area (Å²) < 4.78 is 0. The maximum Gasteiger partial charge on any atom is 0.326 e. The predicted octanol–water partition coefficient (Wildman–Crippen LogP) is 0.428. The van der Waals surface area contributed by atoms with E-state index in [1.165, 1.54) is 11.0 Å². The number of nitrogens with one attached hydrogen (secondary N) is 1. The largest absolute Gasteiger partial charge is 0.480 e. The molecule has 0 rings (SSSR count). The Morgan fingerprint density at radius 1 is 1.47 bits per heavy atom. The van der Waals surface area contributed by atoms with Crippen LogP contribution in [0.15, 0.2) is 12.7 Å². The average molecular weight is 244 g/mol. The normalized spacial score (nSPS) is 12.0. The number of aliphatic carboxylic acids is 1. The smallest absolute Gasteiger partial charge is 0.326 e. The lowest BCUT2D eigenvalue weighted by molar-refractivity contribution is -0.139. The van der Waals surface area contributed by atoms with Crippen LogP contribution in [0.25, 0.3) is 0 Å². The van der Waals surface area contributed by atoms with Gasteiger partial charge in [-0.25, -0.2) is 9.59 Å². The summed E-state index contributed by atoms with van der Waals surface area (Å²) in [5.74, 6) is -1.11. The van der Waals surface area contributed by atoms with Crippen molar-refractivity contribution in [3.05, 3.63) is 12.7 Å². The van der Waals surface area contributed by atoms with Crippen LogP contribution in [0.2, 0.25) is 0 Å². The summed E-state index contributed by atoms with van der Waals surface area (Å²) in [5, 5.41) is 20.1. The Kier molecular flexibility index (Phi) is 6.97. The fourth-order valence-electron chi connectivity index (χ4n) is 1.32. The molecule has 0 bridgehead atoms. The van der Waals surface area contributed by atoms with Gasteiger partial charge in [-0.3, -0.25) is 0 Å². The van der Waals surface area contributed by atoms with E-state index in [1.807, 2.05) is 0 Å². The summed E-state index contributed by atoms with van der Waals surface area (Å²) in [6.07, 6.45) is 1.59. The number of aliphatic hydroxyl groups is 1. The van der Waals surface area contributed by atoms with Gasteiger partial charge in [-0.15, -0.1) is 6.58 Å². The molecule has 1 unspecified atom stereocenters. The first-order valence-corrected chi connectivity index (χ1v) is 5.45. The van der Waals surface area contributed by atoms with E-state index in [4.69, 9.17) is 10.2 Å². The van der Waals surface area contributed by atoms with E-state index in [-0.39, 0.29) is 25.6 Å². The molecule has 1 atom stereocenters. The van der Waals surface area contributed by atoms with Crippen molar-refractivity contribution in [2.24, 2.45) is 0 Å². The number of amides is 2. The van der Waals surface area contributed by atoms with Crippen LogP contribution in [0.3, 0.4) is 0 Å². The maximum absolute atomic E-state index is 11.8. The first-order chi connectivity index (χ1) is 7.93. The van der Waals surface area contributed by atoms with Gasteiger partial charge in [0.05, 0.1) is 6.61 Å². The van der Waals surface area contributed by atoms with Crippen molar-refractivity contribution < 1.29 is 19.8 Å². The third-order valence-corrected chi connectivity index (χ3v) is 2.22. The van der Waals surface area contributed by atoms with Gasteiger partial charge in [-0.2, -0.15) is 0 Å². The average Bonchev–Trinajstić information content (AvgIpc) is 2.24. The number of aliphatic hydroxyl groups excluding tert-OH is 1. The van der Waals surface area contributed by atoms with E-state index in [0.29, 0.717) is 0 Å². The molecule has 0 aliphatic heterocycles. The van der Waals surface area contributed by atoms with Gasteiger partial charge < -0.3 is 20.4 Å². The second-order valence-electron chi connectivity index (χ2n) is 3.88. The Morgan fingerprint density at radius 3 is 2.41 bits per heavy atom. The van der Waals surface area contributed by atoms with Gasteiger partial charge in [0.1, 0.15) is 6.04 Å². The zero-order valence-electron chi connectivity index (χ0n) is 10.2. The number of nitrogens with zero attached hydrogens (tertiary/aromatic N) is 1. The van der Waals surface area contributed by atoms with Gasteiger partial charge in [-0.1, -0.05) is 6.08 Å². The van der Waals surface area contributed by atoms with E-state index >= 15 is 0 Å². The first-order valence-electron chi connectivity index (χ1n) is 5.45. The summed E-state index contributed by atoms with van der Waals surface area (Å²) in [5.41, 5.74) is 0. The van der Waals surface area contributed by atoms with Crippen molar-refractivity contribution in [2.75, 3.05) is 13.2 Å². The minimum absolute atomic E-state index is 0.111. The number of urea groups is 1. The molecular formula is C11H20N2O4. The molecule has 0 aliphatic carbocycles. The van der Waals surface area contributed by atoms with Crippen molar-refractivity contribution in [3.8, 4) is 0 Å². The van der Waals surface area contributed by atoms with Crippen LogP contribution in [-0.4, -0.2) is 52.3 Å². The molecule has 0 aromatic heterocycles. The predicted molar refractivity (Wildman–Crippen MR) is 63.7 cm³/mol. The van der Waals surface area contributed by atoms with E-state index < -0.39 is 18.0 Å². The molecule has 17 heavy (non-hydrogen) atoms. The number of hydrogen-bond donors (Lipinski definition) is 3. The number of carbonyl (C=O) groups excluding carboxylic acids is 1. The van der Waals surface area contributed by atoms with Crippen LogP contribution in [0.4, 0.5) is 4.79 Å². The molecule has 0 heterocycles. The molecule has 0 aromatic rings. The van der Waals surface area contributed by atoms with Crippen LogP contribution < -0.4 is 5.32 Å². The molecule has 0 fully saturated rings. The quantitative estimate of drug-likeness (QED) is 0.566. The molecule has 3 N–H and O–H groups in total. The van der Waals surface area contributed by atoms with Crippen LogP contribution in [-0.2, 0) is 4.79 Å². The summed E-state index contributed by atoms with van der Waals surface area (Å²) in [6.45, 7) is 7.03. The highest BCUT2D eigenvalue weighted by Crippen LogP contribution is 2.01. The lowest BCUT2D eigenvalue weighted by atomic mass is 10.2. The van der Waals surface area contributed by atoms with Crippen molar-refractivity contribution in [1.82, 2.24) is 10.2 Å². The van der Waals surface area contributed by atoms with Crippen molar-refractivity contribution in [3.63, 3.8) is 0 Å². The lowest BCUT2D eigenvalue weighted by Crippen LogP contribution is -2.50. The van der Waals surface area contributed by atoms with Gasteiger partial charge in [-0.05, 0) is 20.3 Å². The minimum atomic E-state index is -1.11. The zero-order valence-corrected chi connectivity index (χ0v) is 10.2. The topological polar surface area (TPSA) is 89.9 Å². The van der Waals surface area contributed by atoms with Crippen LogP contribution in [0, 0.1) is 0 Å². The molecule has 0 spiro atoms. The lowest BCUT2D eigenvalue weighted by Gasteiger charge is -2.27. The minimum Gasteiger partial charge on any atom is -0.480 e. The molecule has 0 aromatic carbocycles. The standard InChI is InChI=1S/C11H20N2O4/c1-4-5-9(10(15)16)12-11(17)13(6-7-14)8(2)3/h4,8-9,14H,1,5-7H2,2-3H3,(H,12,17)(H,15,16). The first kappa shape index (κ1) is 15.4. The molecule has 6 nitrogen and oxygen atoms in total. The highest BCUT2D eigenvalue weighted by atomic mass is 16.4. The van der Waals surface area contributed by atoms with Crippen molar-refractivity contribution in [1.29, 1.82) is 0 Å². The third kappa shape index (κ3) is 5.35. The van der Waals surface area contributed by atoms with Crippen LogP contribution in [0.1, 0.15) is 20.3 Å². The van der Waals surface area contributed by atoms with Gasteiger partial charge in [0, 0.05) is 12.6 Å². The third-order valence-electron chi connectivity index (χ3n) is 2.22. The monoisotopic (exact) mass is 244 g/mol. The summed E-state index contributed by atoms with van der Waals surface area (Å²) in [7, 11) is 0. The van der Waals surface area contributed by atoms with Gasteiger partial charge in [0.2, 0.25) is 0 Å². The molecule has 2 amide bonds. The van der Waals surface area contributed by atoms with Crippen LogP contribution >= 0.6 is 0 Å². The molecule has 0 aliphatic rings. The Hall–Kier alpha value is -1.56. The summed E-state index contributed by atoms with van der Waals surface area (Å²) in [4.78, 5) is 24.0.